The molecule has 1 aromatic heterocycles. The van der Waals surface area contributed by atoms with Gasteiger partial charge in [-0.3, -0.25) is 4.79 Å². The SMILES string of the molecule is CCCC(SC)SN(C)c1cccc2cc(C(N)=O)[nH]c12. The average Bonchev–Trinajstić information content (AvgIpc) is 2.90. The quantitative estimate of drug-likeness (QED) is 0.600. The van der Waals surface area contributed by atoms with Gasteiger partial charge in [-0.15, -0.1) is 11.8 Å². The molecule has 21 heavy (non-hydrogen) atoms. The van der Waals surface area contributed by atoms with E-state index in [0.717, 1.165) is 16.6 Å². The minimum atomic E-state index is -0.430. The number of carbonyl (C=O) groups excluding carboxylic acids is 1. The van der Waals surface area contributed by atoms with Gasteiger partial charge in [0, 0.05) is 12.4 Å². The Morgan fingerprint density at radius 3 is 2.86 bits per heavy atom. The van der Waals surface area contributed by atoms with Crippen molar-refractivity contribution in [2.75, 3.05) is 17.6 Å². The number of amides is 1. The summed E-state index contributed by atoms with van der Waals surface area (Å²) >= 11 is 3.68. The molecule has 0 radical (unpaired) electrons. The fourth-order valence-electron chi connectivity index (χ4n) is 2.22. The van der Waals surface area contributed by atoms with E-state index in [4.69, 9.17) is 5.73 Å². The second kappa shape index (κ2) is 7.13. The van der Waals surface area contributed by atoms with Gasteiger partial charge in [0.2, 0.25) is 0 Å². The maximum atomic E-state index is 11.3. The predicted octanol–water partition coefficient (Wildman–Crippen LogP) is 3.84. The van der Waals surface area contributed by atoms with E-state index in [1.54, 1.807) is 6.07 Å². The molecular formula is C15H21N3OS2. The average molecular weight is 323 g/mol. The van der Waals surface area contributed by atoms with Crippen LogP contribution in [-0.2, 0) is 0 Å². The molecule has 3 N–H and O–H groups in total. The molecule has 0 saturated heterocycles. The van der Waals surface area contributed by atoms with Gasteiger partial charge in [-0.2, -0.15) is 0 Å². The van der Waals surface area contributed by atoms with Crippen molar-refractivity contribution in [2.24, 2.45) is 5.73 Å². The number of thioether (sulfide) groups is 1. The number of aromatic nitrogens is 1. The second-order valence-electron chi connectivity index (χ2n) is 4.85. The number of hydrogen-bond donors (Lipinski definition) is 2. The van der Waals surface area contributed by atoms with Crippen LogP contribution in [0.2, 0.25) is 0 Å². The van der Waals surface area contributed by atoms with E-state index >= 15 is 0 Å². The number of nitrogens with zero attached hydrogens (tertiary/aromatic N) is 1. The molecule has 1 aromatic carbocycles. The number of primary amides is 1. The van der Waals surface area contributed by atoms with Crippen molar-refractivity contribution < 1.29 is 4.79 Å². The summed E-state index contributed by atoms with van der Waals surface area (Å²) < 4.78 is 2.70. The third-order valence-corrected chi connectivity index (χ3v) is 5.88. The van der Waals surface area contributed by atoms with Gasteiger partial charge in [0.1, 0.15) is 5.69 Å². The Labute approximate surface area is 134 Å². The van der Waals surface area contributed by atoms with Crippen LogP contribution in [-0.4, -0.2) is 28.8 Å². The third kappa shape index (κ3) is 3.68. The summed E-state index contributed by atoms with van der Waals surface area (Å²) in [5.74, 6) is -0.430. The summed E-state index contributed by atoms with van der Waals surface area (Å²) in [4.78, 5) is 14.5. The molecule has 1 atom stereocenters. The number of nitrogens with two attached hydrogens (primary N) is 1. The van der Waals surface area contributed by atoms with Crippen LogP contribution < -0.4 is 10.0 Å². The molecular weight excluding hydrogens is 302 g/mol. The van der Waals surface area contributed by atoms with Crippen LogP contribution in [0.3, 0.4) is 0 Å². The van der Waals surface area contributed by atoms with Gasteiger partial charge in [-0.25, -0.2) is 0 Å². The van der Waals surface area contributed by atoms with Crippen molar-refractivity contribution >= 4 is 46.2 Å². The highest BCUT2D eigenvalue weighted by Crippen LogP contribution is 2.35. The van der Waals surface area contributed by atoms with Crippen LogP contribution in [0.4, 0.5) is 5.69 Å². The molecule has 4 nitrogen and oxygen atoms in total. The zero-order chi connectivity index (χ0) is 15.4. The largest absolute Gasteiger partial charge is 0.364 e. The third-order valence-electron chi connectivity index (χ3n) is 3.30. The number of anilines is 1. The zero-order valence-electron chi connectivity index (χ0n) is 12.6. The standard InChI is InChI=1S/C15H21N3OS2/c1-4-6-13(20-3)21-18(2)12-8-5-7-10-9-11(15(16)19)17-14(10)12/h5,7-9,13,17H,4,6H2,1-3H3,(H2,16,19). The number of benzene rings is 1. The van der Waals surface area contributed by atoms with Gasteiger partial charge in [-0.1, -0.05) is 25.5 Å². The van der Waals surface area contributed by atoms with Crippen molar-refractivity contribution in [1.82, 2.24) is 4.98 Å². The normalized spacial score (nSPS) is 12.5. The van der Waals surface area contributed by atoms with E-state index in [2.05, 4.69) is 35.6 Å². The Bertz CT molecular complexity index is 626. The van der Waals surface area contributed by atoms with Gasteiger partial charge >= 0.3 is 0 Å². The van der Waals surface area contributed by atoms with E-state index in [9.17, 15) is 4.79 Å². The number of rotatable bonds is 7. The van der Waals surface area contributed by atoms with Crippen LogP contribution >= 0.6 is 23.7 Å². The molecule has 6 heteroatoms. The molecule has 0 aliphatic rings. The Morgan fingerprint density at radius 2 is 2.24 bits per heavy atom. The van der Waals surface area contributed by atoms with E-state index in [1.165, 1.54) is 12.8 Å². The maximum Gasteiger partial charge on any atom is 0.265 e. The first-order valence-corrected chi connectivity index (χ1v) is 9.04. The van der Waals surface area contributed by atoms with Gasteiger partial charge in [0.15, 0.2) is 0 Å². The van der Waals surface area contributed by atoms with Gasteiger partial charge in [0.05, 0.1) is 15.8 Å². The lowest BCUT2D eigenvalue weighted by Gasteiger charge is -2.23. The maximum absolute atomic E-state index is 11.3. The van der Waals surface area contributed by atoms with Crippen LogP contribution in [0.25, 0.3) is 10.9 Å². The summed E-state index contributed by atoms with van der Waals surface area (Å²) in [6, 6.07) is 7.84. The monoisotopic (exact) mass is 323 g/mol. The Morgan fingerprint density at radius 1 is 1.48 bits per heavy atom. The number of H-pyrrole nitrogens is 1. The molecule has 0 spiro atoms. The molecule has 2 aromatic rings. The summed E-state index contributed by atoms with van der Waals surface area (Å²) in [6.45, 7) is 2.20. The summed E-state index contributed by atoms with van der Waals surface area (Å²) in [5, 5.41) is 1.00. The number of fused-ring (bicyclic) bond motifs is 1. The van der Waals surface area contributed by atoms with Crippen LogP contribution in [0.15, 0.2) is 24.3 Å². The Kier molecular flexibility index (Phi) is 5.47. The minimum absolute atomic E-state index is 0.430. The lowest BCUT2D eigenvalue weighted by atomic mass is 10.2. The molecule has 1 unspecified atom stereocenters. The Balaban J connectivity index is 2.30. The summed E-state index contributed by atoms with van der Waals surface area (Å²) in [5.41, 5.74) is 7.83. The molecule has 0 aliphatic heterocycles. The van der Waals surface area contributed by atoms with Gasteiger partial charge in [0.25, 0.3) is 5.91 Å². The topological polar surface area (TPSA) is 62.1 Å². The number of aromatic amines is 1. The second-order valence-corrected chi connectivity index (χ2v) is 7.51. The zero-order valence-corrected chi connectivity index (χ0v) is 14.2. The fraction of sp³-hybridized carbons (Fsp3) is 0.400. The van der Waals surface area contributed by atoms with E-state index < -0.39 is 5.91 Å². The molecule has 0 aliphatic carbocycles. The predicted molar refractivity (Wildman–Crippen MR) is 95.0 cm³/mol. The number of hydrogen-bond acceptors (Lipinski definition) is 4. The summed E-state index contributed by atoms with van der Waals surface area (Å²) in [7, 11) is 2.06. The number of carbonyl (C=O) groups is 1. The van der Waals surface area contributed by atoms with E-state index in [1.807, 2.05) is 35.8 Å². The lowest BCUT2D eigenvalue weighted by Crippen LogP contribution is -2.13. The molecule has 0 bridgehead atoms. The smallest absolute Gasteiger partial charge is 0.265 e. The van der Waals surface area contributed by atoms with Crippen molar-refractivity contribution in [3.63, 3.8) is 0 Å². The minimum Gasteiger partial charge on any atom is -0.364 e. The lowest BCUT2D eigenvalue weighted by molar-refractivity contribution is 0.0996. The first-order chi connectivity index (χ1) is 10.1. The fourth-order valence-corrected chi connectivity index (χ4v) is 4.38. The summed E-state index contributed by atoms with van der Waals surface area (Å²) in [6.07, 6.45) is 4.48. The van der Waals surface area contributed by atoms with Gasteiger partial charge in [-0.05, 0) is 36.8 Å². The molecule has 2 rings (SSSR count). The molecule has 0 fully saturated rings. The van der Waals surface area contributed by atoms with Gasteiger partial charge < -0.3 is 15.0 Å². The number of nitrogens with one attached hydrogen (secondary N) is 1. The van der Waals surface area contributed by atoms with Crippen LogP contribution in [0.1, 0.15) is 30.3 Å². The van der Waals surface area contributed by atoms with Crippen molar-refractivity contribution in [3.05, 3.63) is 30.0 Å². The Hall–Kier alpha value is -1.27. The molecule has 0 saturated carbocycles. The van der Waals surface area contributed by atoms with Crippen molar-refractivity contribution in [3.8, 4) is 0 Å². The number of para-hydroxylation sites is 1. The first kappa shape index (κ1) is 16.1. The molecule has 1 amide bonds. The highest BCUT2D eigenvalue weighted by molar-refractivity contribution is 8.17. The van der Waals surface area contributed by atoms with E-state index in [-0.39, 0.29) is 0 Å². The highest BCUT2D eigenvalue weighted by Gasteiger charge is 2.15. The van der Waals surface area contributed by atoms with Crippen LogP contribution in [0.5, 0.6) is 0 Å². The van der Waals surface area contributed by atoms with E-state index in [0.29, 0.717) is 10.3 Å². The van der Waals surface area contributed by atoms with Crippen molar-refractivity contribution in [1.29, 1.82) is 0 Å². The van der Waals surface area contributed by atoms with Crippen molar-refractivity contribution in [2.45, 2.75) is 24.3 Å². The highest BCUT2D eigenvalue weighted by atomic mass is 32.2. The molecule has 1 heterocycles. The van der Waals surface area contributed by atoms with Crippen LogP contribution in [0, 0.1) is 0 Å². The first-order valence-electron chi connectivity index (χ1n) is 6.91. The molecule has 114 valence electrons.